The highest BCUT2D eigenvalue weighted by molar-refractivity contribution is 7.99. The summed E-state index contributed by atoms with van der Waals surface area (Å²) in [4.78, 5) is 14.1. The van der Waals surface area contributed by atoms with Crippen molar-refractivity contribution in [3.8, 4) is 0 Å². The van der Waals surface area contributed by atoms with Crippen molar-refractivity contribution >= 4 is 35.0 Å². The number of amides is 1. The third-order valence-electron chi connectivity index (χ3n) is 3.03. The summed E-state index contributed by atoms with van der Waals surface area (Å²) in [6.45, 7) is 0. The Morgan fingerprint density at radius 1 is 1.59 bits per heavy atom. The van der Waals surface area contributed by atoms with Crippen LogP contribution in [0.3, 0.4) is 0 Å². The Morgan fingerprint density at radius 3 is 3.00 bits per heavy atom. The first-order chi connectivity index (χ1) is 8.11. The van der Waals surface area contributed by atoms with E-state index in [0.29, 0.717) is 22.3 Å². The van der Waals surface area contributed by atoms with E-state index in [0.717, 1.165) is 17.9 Å². The molecule has 1 atom stereocenters. The lowest BCUT2D eigenvalue weighted by Gasteiger charge is -2.24. The standard InChI is InChI=1S/C12H15ClN2OS/c1-15(8-5-6-17-7-8)12(16)9-3-2-4-10(14)11(9)13/h2-4,8H,5-7,14H2,1H3. The molecule has 1 aliphatic heterocycles. The van der Waals surface area contributed by atoms with Crippen molar-refractivity contribution in [2.75, 3.05) is 24.3 Å². The van der Waals surface area contributed by atoms with Crippen molar-refractivity contribution in [1.82, 2.24) is 4.90 Å². The maximum Gasteiger partial charge on any atom is 0.255 e. The molecule has 0 aliphatic carbocycles. The van der Waals surface area contributed by atoms with Crippen LogP contribution in [0.25, 0.3) is 0 Å². The van der Waals surface area contributed by atoms with Gasteiger partial charge in [-0.25, -0.2) is 0 Å². The Labute approximate surface area is 110 Å². The van der Waals surface area contributed by atoms with Gasteiger partial charge in [-0.3, -0.25) is 4.79 Å². The summed E-state index contributed by atoms with van der Waals surface area (Å²) in [5.74, 6) is 2.07. The van der Waals surface area contributed by atoms with Gasteiger partial charge in [-0.15, -0.1) is 0 Å². The highest BCUT2D eigenvalue weighted by Crippen LogP contribution is 2.27. The van der Waals surface area contributed by atoms with Gasteiger partial charge in [0.2, 0.25) is 0 Å². The first-order valence-corrected chi connectivity index (χ1v) is 7.03. The first kappa shape index (κ1) is 12.6. The van der Waals surface area contributed by atoms with Crippen LogP contribution >= 0.6 is 23.4 Å². The zero-order valence-electron chi connectivity index (χ0n) is 9.65. The molecule has 2 rings (SSSR count). The summed E-state index contributed by atoms with van der Waals surface area (Å²) >= 11 is 7.94. The van der Waals surface area contributed by atoms with Crippen LogP contribution in [0.2, 0.25) is 5.02 Å². The second kappa shape index (κ2) is 5.19. The van der Waals surface area contributed by atoms with Crippen LogP contribution in [0.5, 0.6) is 0 Å². The summed E-state index contributed by atoms with van der Waals surface area (Å²) in [6, 6.07) is 5.49. The molecule has 5 heteroatoms. The van der Waals surface area contributed by atoms with Crippen LogP contribution in [-0.2, 0) is 0 Å². The lowest BCUT2D eigenvalue weighted by atomic mass is 10.1. The van der Waals surface area contributed by atoms with Crippen LogP contribution in [-0.4, -0.2) is 35.4 Å². The molecular formula is C12H15ClN2OS. The van der Waals surface area contributed by atoms with Crippen molar-refractivity contribution in [3.63, 3.8) is 0 Å². The van der Waals surface area contributed by atoms with Gasteiger partial charge in [0.25, 0.3) is 5.91 Å². The fraction of sp³-hybridized carbons (Fsp3) is 0.417. The smallest absolute Gasteiger partial charge is 0.255 e. The maximum atomic E-state index is 12.3. The molecule has 1 unspecified atom stereocenters. The number of carbonyl (C=O) groups is 1. The van der Waals surface area contributed by atoms with Gasteiger partial charge in [0.05, 0.1) is 16.3 Å². The maximum absolute atomic E-state index is 12.3. The van der Waals surface area contributed by atoms with Crippen LogP contribution < -0.4 is 5.73 Å². The number of rotatable bonds is 2. The molecule has 0 radical (unpaired) electrons. The third kappa shape index (κ3) is 2.53. The molecule has 2 N–H and O–H groups in total. The monoisotopic (exact) mass is 270 g/mol. The summed E-state index contributed by atoms with van der Waals surface area (Å²) in [5.41, 5.74) is 6.65. The number of hydrogen-bond acceptors (Lipinski definition) is 3. The lowest BCUT2D eigenvalue weighted by Crippen LogP contribution is -2.37. The molecule has 1 fully saturated rings. The van der Waals surface area contributed by atoms with E-state index in [1.165, 1.54) is 0 Å². The zero-order valence-corrected chi connectivity index (χ0v) is 11.2. The van der Waals surface area contributed by atoms with E-state index < -0.39 is 0 Å². The number of halogens is 1. The van der Waals surface area contributed by atoms with Gasteiger partial charge >= 0.3 is 0 Å². The second-order valence-corrected chi connectivity index (χ2v) is 5.67. The number of anilines is 1. The van der Waals surface area contributed by atoms with Gasteiger partial charge in [0.15, 0.2) is 0 Å². The Morgan fingerprint density at radius 2 is 2.35 bits per heavy atom. The molecule has 1 amide bonds. The highest BCUT2D eigenvalue weighted by atomic mass is 35.5. The zero-order chi connectivity index (χ0) is 12.4. The second-order valence-electron chi connectivity index (χ2n) is 4.14. The van der Waals surface area contributed by atoms with Gasteiger partial charge in [-0.2, -0.15) is 11.8 Å². The fourth-order valence-corrected chi connectivity index (χ4v) is 3.37. The van der Waals surface area contributed by atoms with E-state index in [4.69, 9.17) is 17.3 Å². The van der Waals surface area contributed by atoms with E-state index in [1.54, 1.807) is 23.1 Å². The summed E-state index contributed by atoms with van der Waals surface area (Å²) in [6.07, 6.45) is 1.05. The van der Waals surface area contributed by atoms with Crippen molar-refractivity contribution in [2.24, 2.45) is 0 Å². The largest absolute Gasteiger partial charge is 0.398 e. The molecule has 92 valence electrons. The van der Waals surface area contributed by atoms with Crippen molar-refractivity contribution < 1.29 is 4.79 Å². The molecule has 0 aromatic heterocycles. The number of benzene rings is 1. The first-order valence-electron chi connectivity index (χ1n) is 5.50. The van der Waals surface area contributed by atoms with E-state index in [9.17, 15) is 4.79 Å². The van der Waals surface area contributed by atoms with Crippen LogP contribution in [0.4, 0.5) is 5.69 Å². The number of nitrogen functional groups attached to an aromatic ring is 1. The van der Waals surface area contributed by atoms with Gasteiger partial charge in [0, 0.05) is 18.8 Å². The van der Waals surface area contributed by atoms with Crippen molar-refractivity contribution in [3.05, 3.63) is 28.8 Å². The van der Waals surface area contributed by atoms with Crippen molar-refractivity contribution in [2.45, 2.75) is 12.5 Å². The number of hydrogen-bond donors (Lipinski definition) is 1. The van der Waals surface area contributed by atoms with E-state index in [2.05, 4.69) is 0 Å². The van der Waals surface area contributed by atoms with Gasteiger partial charge in [-0.1, -0.05) is 17.7 Å². The molecular weight excluding hydrogens is 256 g/mol. The van der Waals surface area contributed by atoms with Crippen LogP contribution in [0, 0.1) is 0 Å². The van der Waals surface area contributed by atoms with Crippen molar-refractivity contribution in [1.29, 1.82) is 0 Å². The topological polar surface area (TPSA) is 46.3 Å². The van der Waals surface area contributed by atoms with E-state index in [-0.39, 0.29) is 5.91 Å². The average Bonchev–Trinajstić information content (AvgIpc) is 2.84. The van der Waals surface area contributed by atoms with Crippen LogP contribution in [0.1, 0.15) is 16.8 Å². The average molecular weight is 271 g/mol. The molecule has 1 saturated heterocycles. The normalized spacial score (nSPS) is 19.3. The summed E-state index contributed by atoms with van der Waals surface area (Å²) in [5, 5.41) is 0.356. The summed E-state index contributed by atoms with van der Waals surface area (Å²) < 4.78 is 0. The Balaban J connectivity index is 2.21. The van der Waals surface area contributed by atoms with E-state index >= 15 is 0 Å². The molecule has 3 nitrogen and oxygen atoms in total. The summed E-state index contributed by atoms with van der Waals surface area (Å²) in [7, 11) is 1.83. The number of nitrogens with zero attached hydrogens (tertiary/aromatic N) is 1. The highest BCUT2D eigenvalue weighted by Gasteiger charge is 2.26. The number of thioether (sulfide) groups is 1. The number of nitrogens with two attached hydrogens (primary N) is 1. The van der Waals surface area contributed by atoms with Gasteiger partial charge < -0.3 is 10.6 Å². The SMILES string of the molecule is CN(C(=O)c1cccc(N)c1Cl)C1CCSC1. The Kier molecular flexibility index (Phi) is 3.84. The minimum atomic E-state index is -0.0465. The third-order valence-corrected chi connectivity index (χ3v) is 4.60. The molecule has 0 bridgehead atoms. The minimum absolute atomic E-state index is 0.0465. The predicted molar refractivity (Wildman–Crippen MR) is 73.7 cm³/mol. The predicted octanol–water partition coefficient (Wildman–Crippen LogP) is 2.50. The quantitative estimate of drug-likeness (QED) is 0.840. The minimum Gasteiger partial charge on any atom is -0.398 e. The van der Waals surface area contributed by atoms with E-state index in [1.807, 2.05) is 18.8 Å². The van der Waals surface area contributed by atoms with Gasteiger partial charge in [0.1, 0.15) is 0 Å². The van der Waals surface area contributed by atoms with Gasteiger partial charge in [-0.05, 0) is 24.3 Å². The lowest BCUT2D eigenvalue weighted by molar-refractivity contribution is 0.0748. The molecule has 17 heavy (non-hydrogen) atoms. The number of carbonyl (C=O) groups excluding carboxylic acids is 1. The molecule has 1 aromatic carbocycles. The Hall–Kier alpha value is -0.870. The molecule has 1 aromatic rings. The Bertz CT molecular complexity index is 433. The molecule has 0 saturated carbocycles. The molecule has 1 aliphatic rings. The molecule has 1 heterocycles. The van der Waals surface area contributed by atoms with Crippen LogP contribution in [0.15, 0.2) is 18.2 Å². The molecule has 0 spiro atoms. The fourth-order valence-electron chi connectivity index (χ4n) is 1.90.